The summed E-state index contributed by atoms with van der Waals surface area (Å²) < 4.78 is 5.56. The highest BCUT2D eigenvalue weighted by molar-refractivity contribution is 5.68. The summed E-state index contributed by atoms with van der Waals surface area (Å²) in [4.78, 5) is 26.1. The van der Waals surface area contributed by atoms with Crippen molar-refractivity contribution in [3.63, 3.8) is 0 Å². The van der Waals surface area contributed by atoms with Gasteiger partial charge in [-0.15, -0.1) is 0 Å². The molecule has 2 aliphatic rings. The molecule has 27 heavy (non-hydrogen) atoms. The van der Waals surface area contributed by atoms with Crippen LogP contribution in [-0.4, -0.2) is 52.7 Å². The second-order valence-electron chi connectivity index (χ2n) is 9.13. The van der Waals surface area contributed by atoms with Crippen LogP contribution in [0, 0.1) is 12.8 Å². The maximum absolute atomic E-state index is 12.5. The van der Waals surface area contributed by atoms with Gasteiger partial charge in [-0.2, -0.15) is 0 Å². The van der Waals surface area contributed by atoms with E-state index in [0.29, 0.717) is 6.54 Å². The Labute approximate surface area is 163 Å². The quantitative estimate of drug-likeness (QED) is 0.779. The highest BCUT2D eigenvalue weighted by atomic mass is 16.6. The average molecular weight is 375 g/mol. The number of nitrogens with zero attached hydrogens (tertiary/aromatic N) is 4. The number of anilines is 1. The summed E-state index contributed by atoms with van der Waals surface area (Å²) in [5, 5.41) is 0. The molecular formula is C21H34N4O2. The van der Waals surface area contributed by atoms with Crippen LogP contribution in [0.5, 0.6) is 0 Å². The van der Waals surface area contributed by atoms with Crippen molar-refractivity contribution in [2.45, 2.75) is 71.8 Å². The van der Waals surface area contributed by atoms with Gasteiger partial charge in [0.05, 0.1) is 5.69 Å². The van der Waals surface area contributed by atoms with Gasteiger partial charge in [0, 0.05) is 38.2 Å². The number of ether oxygens (including phenoxy) is 1. The first kappa shape index (κ1) is 19.9. The Hall–Kier alpha value is -1.85. The number of carbonyl (C=O) groups excluding carboxylic acids is 1. The summed E-state index contributed by atoms with van der Waals surface area (Å²) in [6.07, 6.45) is 4.24. The molecule has 2 saturated heterocycles. The van der Waals surface area contributed by atoms with E-state index in [9.17, 15) is 4.79 Å². The monoisotopic (exact) mass is 374 g/mol. The first-order chi connectivity index (χ1) is 12.7. The van der Waals surface area contributed by atoms with Crippen LogP contribution in [-0.2, 0) is 4.74 Å². The van der Waals surface area contributed by atoms with Crippen LogP contribution in [0.15, 0.2) is 6.07 Å². The van der Waals surface area contributed by atoms with Gasteiger partial charge in [0.2, 0.25) is 0 Å². The van der Waals surface area contributed by atoms with Crippen LogP contribution in [0.1, 0.15) is 70.8 Å². The van der Waals surface area contributed by atoms with Crippen LogP contribution in [0.2, 0.25) is 0 Å². The number of rotatable bonds is 2. The Balaban J connectivity index is 1.72. The highest BCUT2D eigenvalue weighted by Crippen LogP contribution is 2.30. The van der Waals surface area contributed by atoms with Crippen molar-refractivity contribution < 1.29 is 9.53 Å². The molecule has 150 valence electrons. The summed E-state index contributed by atoms with van der Waals surface area (Å²) in [6.45, 7) is 13.6. The minimum Gasteiger partial charge on any atom is -0.444 e. The van der Waals surface area contributed by atoms with E-state index in [1.807, 2.05) is 32.6 Å². The van der Waals surface area contributed by atoms with E-state index >= 15 is 0 Å². The van der Waals surface area contributed by atoms with Gasteiger partial charge in [-0.05, 0) is 59.3 Å². The summed E-state index contributed by atoms with van der Waals surface area (Å²) in [5.74, 6) is 2.90. The Morgan fingerprint density at radius 3 is 2.52 bits per heavy atom. The van der Waals surface area contributed by atoms with Gasteiger partial charge in [-0.1, -0.05) is 6.92 Å². The second-order valence-corrected chi connectivity index (χ2v) is 9.13. The molecular weight excluding hydrogens is 340 g/mol. The number of hydrogen-bond acceptors (Lipinski definition) is 5. The van der Waals surface area contributed by atoms with Crippen molar-refractivity contribution >= 4 is 11.9 Å². The molecule has 3 heterocycles. The molecule has 0 aliphatic carbocycles. The van der Waals surface area contributed by atoms with Crippen molar-refractivity contribution in [2.24, 2.45) is 5.92 Å². The number of aryl methyl sites for hydroxylation is 1. The third kappa shape index (κ3) is 5.33. The second kappa shape index (κ2) is 8.03. The predicted octanol–water partition coefficient (Wildman–Crippen LogP) is 4.14. The van der Waals surface area contributed by atoms with E-state index < -0.39 is 5.60 Å². The zero-order valence-corrected chi connectivity index (χ0v) is 17.5. The fraction of sp³-hybridized carbons (Fsp3) is 0.762. The topological polar surface area (TPSA) is 58.6 Å². The van der Waals surface area contributed by atoms with Crippen LogP contribution in [0.25, 0.3) is 0 Å². The van der Waals surface area contributed by atoms with Gasteiger partial charge in [-0.25, -0.2) is 14.8 Å². The predicted molar refractivity (Wildman–Crippen MR) is 107 cm³/mol. The first-order valence-corrected chi connectivity index (χ1v) is 10.3. The van der Waals surface area contributed by atoms with Gasteiger partial charge >= 0.3 is 6.09 Å². The highest BCUT2D eigenvalue weighted by Gasteiger charge is 2.29. The first-order valence-electron chi connectivity index (χ1n) is 10.3. The molecule has 0 spiro atoms. The largest absolute Gasteiger partial charge is 0.444 e. The summed E-state index contributed by atoms with van der Waals surface area (Å²) in [7, 11) is 0. The fourth-order valence-electron chi connectivity index (χ4n) is 3.89. The molecule has 3 rings (SSSR count). The number of likely N-dealkylation sites (tertiary alicyclic amines) is 1. The molecule has 1 aromatic rings. The number of piperidine rings is 2. The molecule has 1 unspecified atom stereocenters. The van der Waals surface area contributed by atoms with Crippen molar-refractivity contribution in [3.05, 3.63) is 17.6 Å². The lowest BCUT2D eigenvalue weighted by Crippen LogP contribution is -2.42. The third-order valence-electron chi connectivity index (χ3n) is 5.44. The lowest BCUT2D eigenvalue weighted by molar-refractivity contribution is 0.0197. The molecule has 0 saturated carbocycles. The zero-order chi connectivity index (χ0) is 19.6. The molecule has 6 heteroatoms. The molecule has 6 nitrogen and oxygen atoms in total. The summed E-state index contributed by atoms with van der Waals surface area (Å²) >= 11 is 0. The zero-order valence-electron chi connectivity index (χ0n) is 17.5. The molecule has 2 fully saturated rings. The van der Waals surface area contributed by atoms with Crippen LogP contribution >= 0.6 is 0 Å². The molecule has 1 amide bonds. The van der Waals surface area contributed by atoms with E-state index in [0.717, 1.165) is 55.7 Å². The van der Waals surface area contributed by atoms with E-state index in [1.54, 1.807) is 0 Å². The van der Waals surface area contributed by atoms with Crippen molar-refractivity contribution in [2.75, 3.05) is 31.1 Å². The molecule has 1 atom stereocenters. The lowest BCUT2D eigenvalue weighted by atomic mass is 9.94. The van der Waals surface area contributed by atoms with Crippen LogP contribution < -0.4 is 4.90 Å². The number of aromatic nitrogens is 2. The summed E-state index contributed by atoms with van der Waals surface area (Å²) in [5.41, 5.74) is 0.595. The molecule has 0 N–H and O–H groups in total. The number of hydrogen-bond donors (Lipinski definition) is 0. The van der Waals surface area contributed by atoms with Gasteiger partial charge in [0.1, 0.15) is 17.2 Å². The Kier molecular flexibility index (Phi) is 5.92. The minimum atomic E-state index is -0.464. The third-order valence-corrected chi connectivity index (χ3v) is 5.44. The standard InChI is InChI=1S/C21H34N4O2/c1-15-8-11-24(12-9-15)19-13-18(22-16(2)23-19)17-7-6-10-25(14-17)20(26)27-21(3,4)5/h13,15,17H,6-12,14H2,1-5H3. The van der Waals surface area contributed by atoms with Gasteiger partial charge in [0.25, 0.3) is 0 Å². The Bertz CT molecular complexity index is 663. The van der Waals surface area contributed by atoms with E-state index in [1.165, 1.54) is 12.8 Å². The Morgan fingerprint density at radius 1 is 1.15 bits per heavy atom. The molecule has 1 aromatic heterocycles. The van der Waals surface area contributed by atoms with Crippen molar-refractivity contribution in [1.82, 2.24) is 14.9 Å². The van der Waals surface area contributed by atoms with Crippen molar-refractivity contribution in [3.8, 4) is 0 Å². The minimum absolute atomic E-state index is 0.219. The van der Waals surface area contributed by atoms with Gasteiger partial charge in [0.15, 0.2) is 0 Å². The maximum atomic E-state index is 12.5. The van der Waals surface area contributed by atoms with Crippen LogP contribution in [0.4, 0.5) is 10.6 Å². The van der Waals surface area contributed by atoms with Crippen LogP contribution in [0.3, 0.4) is 0 Å². The smallest absolute Gasteiger partial charge is 0.410 e. The number of carbonyl (C=O) groups is 1. The Morgan fingerprint density at radius 2 is 1.85 bits per heavy atom. The molecule has 0 radical (unpaired) electrons. The molecule has 0 bridgehead atoms. The maximum Gasteiger partial charge on any atom is 0.410 e. The molecule has 0 aromatic carbocycles. The molecule has 2 aliphatic heterocycles. The normalized spacial score (nSPS) is 22.0. The average Bonchev–Trinajstić information content (AvgIpc) is 2.60. The van der Waals surface area contributed by atoms with Gasteiger partial charge in [-0.3, -0.25) is 0 Å². The van der Waals surface area contributed by atoms with E-state index in [2.05, 4.69) is 22.9 Å². The SMILES string of the molecule is Cc1nc(C2CCCN(C(=O)OC(C)(C)C)C2)cc(N2CCC(C)CC2)n1. The van der Waals surface area contributed by atoms with Crippen molar-refractivity contribution in [1.29, 1.82) is 0 Å². The van der Waals surface area contributed by atoms with E-state index in [-0.39, 0.29) is 12.0 Å². The summed E-state index contributed by atoms with van der Waals surface area (Å²) in [6, 6.07) is 2.15. The lowest BCUT2D eigenvalue weighted by Gasteiger charge is -2.35. The fourth-order valence-corrected chi connectivity index (χ4v) is 3.89. The number of amides is 1. The van der Waals surface area contributed by atoms with Gasteiger partial charge < -0.3 is 14.5 Å². The van der Waals surface area contributed by atoms with E-state index in [4.69, 9.17) is 9.72 Å².